The maximum atomic E-state index is 12.7. The molecular formula is C20H26N4O2. The van der Waals surface area contributed by atoms with Gasteiger partial charge in [-0.1, -0.05) is 31.4 Å². The summed E-state index contributed by atoms with van der Waals surface area (Å²) in [5.74, 6) is 0.0330. The number of nitrogens with zero attached hydrogens (tertiary/aromatic N) is 2. The standard InChI is InChI=1S/C20H26N4O2/c21-12-14-6-8-15(9-7-14)13-23-19(25)17-10-11-24(17)20(26)18(22)16-4-2-1-3-5-16/h6-9,16-18H,1-5,10-11,13,22H2,(H,23,25)/t17-,18+/m0/s1. The van der Waals surface area contributed by atoms with Gasteiger partial charge in [0.05, 0.1) is 17.7 Å². The lowest BCUT2D eigenvalue weighted by molar-refractivity contribution is -0.149. The van der Waals surface area contributed by atoms with E-state index in [0.29, 0.717) is 25.1 Å². The fraction of sp³-hybridized carbons (Fsp3) is 0.550. The first kappa shape index (κ1) is 18.4. The molecule has 1 heterocycles. The zero-order chi connectivity index (χ0) is 18.5. The maximum Gasteiger partial charge on any atom is 0.243 e. The van der Waals surface area contributed by atoms with Crippen LogP contribution in [0.3, 0.4) is 0 Å². The number of carbonyl (C=O) groups excluding carboxylic acids is 2. The topological polar surface area (TPSA) is 99.2 Å². The van der Waals surface area contributed by atoms with Crippen LogP contribution in [0.1, 0.15) is 49.7 Å². The van der Waals surface area contributed by atoms with Crippen molar-refractivity contribution >= 4 is 11.8 Å². The monoisotopic (exact) mass is 354 g/mol. The number of carbonyl (C=O) groups is 2. The molecule has 6 heteroatoms. The third kappa shape index (κ3) is 4.05. The van der Waals surface area contributed by atoms with Gasteiger partial charge in [-0.15, -0.1) is 0 Å². The Hall–Kier alpha value is -2.39. The van der Waals surface area contributed by atoms with Gasteiger partial charge < -0.3 is 16.0 Å². The molecule has 0 radical (unpaired) electrons. The number of hydrogen-bond acceptors (Lipinski definition) is 4. The van der Waals surface area contributed by atoms with Gasteiger partial charge in [0, 0.05) is 13.1 Å². The maximum absolute atomic E-state index is 12.7. The lowest BCUT2D eigenvalue weighted by atomic mass is 9.83. The molecule has 0 bridgehead atoms. The largest absolute Gasteiger partial charge is 0.350 e. The molecule has 1 saturated heterocycles. The number of nitriles is 1. The van der Waals surface area contributed by atoms with Crippen LogP contribution in [0.15, 0.2) is 24.3 Å². The molecule has 0 unspecified atom stereocenters. The van der Waals surface area contributed by atoms with Crippen LogP contribution in [-0.4, -0.2) is 35.3 Å². The molecule has 0 aromatic heterocycles. The van der Waals surface area contributed by atoms with E-state index in [-0.39, 0.29) is 17.7 Å². The molecule has 2 atom stereocenters. The van der Waals surface area contributed by atoms with Crippen molar-refractivity contribution in [2.24, 2.45) is 11.7 Å². The molecule has 2 fully saturated rings. The van der Waals surface area contributed by atoms with Crippen molar-refractivity contribution in [1.82, 2.24) is 10.2 Å². The van der Waals surface area contributed by atoms with Crippen LogP contribution >= 0.6 is 0 Å². The van der Waals surface area contributed by atoms with Crippen molar-refractivity contribution in [3.8, 4) is 6.07 Å². The first-order valence-electron chi connectivity index (χ1n) is 9.43. The van der Waals surface area contributed by atoms with Crippen molar-refractivity contribution < 1.29 is 9.59 Å². The Morgan fingerprint density at radius 3 is 2.46 bits per heavy atom. The number of benzene rings is 1. The van der Waals surface area contributed by atoms with Crippen molar-refractivity contribution in [2.45, 2.75) is 57.2 Å². The Balaban J connectivity index is 1.51. The summed E-state index contributed by atoms with van der Waals surface area (Å²) in [6, 6.07) is 8.27. The van der Waals surface area contributed by atoms with Crippen LogP contribution in [0.4, 0.5) is 0 Å². The predicted octanol–water partition coefficient (Wildman–Crippen LogP) is 1.68. The van der Waals surface area contributed by atoms with Gasteiger partial charge in [-0.2, -0.15) is 5.26 Å². The molecule has 138 valence electrons. The number of hydrogen-bond donors (Lipinski definition) is 2. The summed E-state index contributed by atoms with van der Waals surface area (Å²) < 4.78 is 0. The Morgan fingerprint density at radius 1 is 1.19 bits per heavy atom. The molecule has 2 aliphatic rings. The highest BCUT2D eigenvalue weighted by Gasteiger charge is 2.41. The van der Waals surface area contributed by atoms with Gasteiger partial charge in [0.2, 0.25) is 11.8 Å². The van der Waals surface area contributed by atoms with Gasteiger partial charge in [-0.3, -0.25) is 9.59 Å². The van der Waals surface area contributed by atoms with Gasteiger partial charge in [0.25, 0.3) is 0 Å². The van der Waals surface area contributed by atoms with Gasteiger partial charge >= 0.3 is 0 Å². The summed E-state index contributed by atoms with van der Waals surface area (Å²) in [6.07, 6.45) is 6.21. The van der Waals surface area contributed by atoms with E-state index < -0.39 is 12.1 Å². The molecule has 26 heavy (non-hydrogen) atoms. The van der Waals surface area contributed by atoms with Crippen molar-refractivity contribution in [2.75, 3.05) is 6.54 Å². The smallest absolute Gasteiger partial charge is 0.243 e. The SMILES string of the molecule is N#Cc1ccc(CNC(=O)[C@@H]2CCN2C(=O)[C@H](N)C2CCCCC2)cc1. The van der Waals surface area contributed by atoms with Gasteiger partial charge in [0.1, 0.15) is 6.04 Å². The quantitative estimate of drug-likeness (QED) is 0.840. The average Bonchev–Trinajstić information content (AvgIpc) is 2.66. The molecule has 1 saturated carbocycles. The first-order valence-corrected chi connectivity index (χ1v) is 9.43. The van der Waals surface area contributed by atoms with E-state index in [1.54, 1.807) is 17.0 Å². The van der Waals surface area contributed by atoms with E-state index in [0.717, 1.165) is 31.2 Å². The van der Waals surface area contributed by atoms with E-state index in [9.17, 15) is 9.59 Å². The highest BCUT2D eigenvalue weighted by Crippen LogP contribution is 2.28. The van der Waals surface area contributed by atoms with Crippen LogP contribution in [0.25, 0.3) is 0 Å². The second-order valence-corrected chi connectivity index (χ2v) is 7.29. The number of rotatable bonds is 5. The minimum absolute atomic E-state index is 0.0818. The minimum Gasteiger partial charge on any atom is -0.350 e. The zero-order valence-corrected chi connectivity index (χ0v) is 15.0. The first-order chi connectivity index (χ1) is 12.6. The second kappa shape index (κ2) is 8.33. The zero-order valence-electron chi connectivity index (χ0n) is 15.0. The van der Waals surface area contributed by atoms with Crippen molar-refractivity contribution in [3.63, 3.8) is 0 Å². The van der Waals surface area contributed by atoms with Crippen LogP contribution in [0.5, 0.6) is 0 Å². The normalized spacial score (nSPS) is 21.4. The Bertz CT molecular complexity index is 689. The van der Waals surface area contributed by atoms with E-state index >= 15 is 0 Å². The average molecular weight is 354 g/mol. The molecule has 3 rings (SSSR count). The lowest BCUT2D eigenvalue weighted by Gasteiger charge is -2.42. The van der Waals surface area contributed by atoms with Gasteiger partial charge in [0.15, 0.2) is 0 Å². The summed E-state index contributed by atoms with van der Waals surface area (Å²) in [4.78, 5) is 26.7. The fourth-order valence-electron chi connectivity index (χ4n) is 3.81. The third-order valence-electron chi connectivity index (χ3n) is 5.60. The fourth-order valence-corrected chi connectivity index (χ4v) is 3.81. The van der Waals surface area contributed by atoms with E-state index in [1.165, 1.54) is 6.42 Å². The van der Waals surface area contributed by atoms with Crippen LogP contribution in [0.2, 0.25) is 0 Å². The summed E-state index contributed by atoms with van der Waals surface area (Å²) in [7, 11) is 0. The number of likely N-dealkylation sites (tertiary alicyclic amines) is 1. The summed E-state index contributed by atoms with van der Waals surface area (Å²) >= 11 is 0. The van der Waals surface area contributed by atoms with Gasteiger partial charge in [-0.05, 0) is 42.9 Å². The highest BCUT2D eigenvalue weighted by atomic mass is 16.2. The highest BCUT2D eigenvalue weighted by molar-refractivity contribution is 5.91. The molecule has 3 N–H and O–H groups in total. The van der Waals surface area contributed by atoms with Crippen LogP contribution in [-0.2, 0) is 16.1 Å². The molecule has 0 spiro atoms. The molecule has 1 aromatic carbocycles. The van der Waals surface area contributed by atoms with E-state index in [2.05, 4.69) is 11.4 Å². The van der Waals surface area contributed by atoms with Crippen LogP contribution < -0.4 is 11.1 Å². The molecule has 2 amide bonds. The van der Waals surface area contributed by atoms with Crippen molar-refractivity contribution in [3.05, 3.63) is 35.4 Å². The Labute approximate surface area is 154 Å². The van der Waals surface area contributed by atoms with E-state index in [4.69, 9.17) is 11.0 Å². The van der Waals surface area contributed by atoms with Gasteiger partial charge in [-0.25, -0.2) is 0 Å². The second-order valence-electron chi connectivity index (χ2n) is 7.29. The summed E-state index contributed by atoms with van der Waals surface area (Å²) in [6.45, 7) is 0.992. The minimum atomic E-state index is -0.482. The Kier molecular flexibility index (Phi) is 5.89. The molecule has 1 aliphatic heterocycles. The Morgan fingerprint density at radius 2 is 1.88 bits per heavy atom. The predicted molar refractivity (Wildman–Crippen MR) is 97.7 cm³/mol. The molecule has 1 aromatic rings. The number of amides is 2. The van der Waals surface area contributed by atoms with Crippen molar-refractivity contribution in [1.29, 1.82) is 5.26 Å². The summed E-state index contributed by atoms with van der Waals surface area (Å²) in [5.41, 5.74) is 7.72. The van der Waals surface area contributed by atoms with Crippen LogP contribution in [0, 0.1) is 17.2 Å². The number of nitrogens with two attached hydrogens (primary N) is 1. The van der Waals surface area contributed by atoms with E-state index in [1.807, 2.05) is 12.1 Å². The summed E-state index contributed by atoms with van der Waals surface area (Å²) in [5, 5.41) is 11.7. The third-order valence-corrected chi connectivity index (χ3v) is 5.60. The number of nitrogens with one attached hydrogen (secondary N) is 1. The lowest BCUT2D eigenvalue weighted by Crippen LogP contribution is -2.62. The molecular weight excluding hydrogens is 328 g/mol. The molecule has 6 nitrogen and oxygen atoms in total. The molecule has 1 aliphatic carbocycles.